The minimum atomic E-state index is 0. The van der Waals surface area contributed by atoms with Gasteiger partial charge in [-0.3, -0.25) is 4.99 Å². The molecule has 116 valence electrons. The molecule has 0 saturated carbocycles. The Morgan fingerprint density at radius 2 is 1.53 bits per heavy atom. The van der Waals surface area contributed by atoms with Gasteiger partial charge >= 0.3 is 0 Å². The van der Waals surface area contributed by atoms with Gasteiger partial charge in [0.15, 0.2) is 5.96 Å². The number of hydrogen-bond acceptors (Lipinski definition) is 3. The largest absolute Gasteiger partial charge is 0.379 e. The number of ether oxygens (including phenoxy) is 2. The first-order chi connectivity index (χ1) is 8.85. The lowest BCUT2D eigenvalue weighted by Gasteiger charge is -2.11. The number of nitrogens with zero attached hydrogens (tertiary/aromatic N) is 1. The molecule has 0 saturated heterocycles. The minimum Gasteiger partial charge on any atom is -0.379 e. The van der Waals surface area contributed by atoms with Crippen LogP contribution in [0.25, 0.3) is 0 Å². The molecule has 0 radical (unpaired) electrons. The van der Waals surface area contributed by atoms with Gasteiger partial charge in [-0.25, -0.2) is 0 Å². The van der Waals surface area contributed by atoms with Crippen molar-refractivity contribution in [3.05, 3.63) is 0 Å². The SMILES string of the molecule is CCCCOCCOCCNC(=NC)NCCC.I. The lowest BCUT2D eigenvalue weighted by atomic mass is 10.4. The van der Waals surface area contributed by atoms with Crippen molar-refractivity contribution in [3.8, 4) is 0 Å². The Morgan fingerprint density at radius 3 is 2.11 bits per heavy atom. The second-order valence-corrected chi connectivity index (χ2v) is 4.00. The van der Waals surface area contributed by atoms with Gasteiger partial charge in [0.1, 0.15) is 0 Å². The Balaban J connectivity index is 0. The summed E-state index contributed by atoms with van der Waals surface area (Å²) in [5, 5.41) is 6.39. The third-order valence-corrected chi connectivity index (χ3v) is 2.32. The fraction of sp³-hybridized carbons (Fsp3) is 0.923. The van der Waals surface area contributed by atoms with E-state index in [9.17, 15) is 0 Å². The highest BCUT2D eigenvalue weighted by molar-refractivity contribution is 14.0. The van der Waals surface area contributed by atoms with Gasteiger partial charge in [-0.2, -0.15) is 0 Å². The van der Waals surface area contributed by atoms with Crippen LogP contribution in [0.1, 0.15) is 33.1 Å². The van der Waals surface area contributed by atoms with E-state index in [1.807, 2.05) is 0 Å². The van der Waals surface area contributed by atoms with Gasteiger partial charge in [-0.05, 0) is 12.8 Å². The Hall–Kier alpha value is -0.0800. The number of rotatable bonds is 11. The lowest BCUT2D eigenvalue weighted by molar-refractivity contribution is 0.0487. The van der Waals surface area contributed by atoms with Crippen molar-refractivity contribution in [2.24, 2.45) is 4.99 Å². The predicted octanol–water partition coefficient (Wildman–Crippen LogP) is 2.01. The molecule has 0 aromatic heterocycles. The second-order valence-electron chi connectivity index (χ2n) is 4.00. The van der Waals surface area contributed by atoms with Crippen LogP contribution < -0.4 is 10.6 Å². The number of nitrogens with one attached hydrogen (secondary N) is 2. The Morgan fingerprint density at radius 1 is 0.895 bits per heavy atom. The summed E-state index contributed by atoms with van der Waals surface area (Å²) in [6, 6.07) is 0. The normalized spacial score (nSPS) is 11.0. The molecule has 0 aromatic carbocycles. The zero-order valence-corrected chi connectivity index (χ0v) is 14.9. The molecule has 0 aromatic rings. The van der Waals surface area contributed by atoms with Crippen molar-refractivity contribution in [2.75, 3.05) is 46.6 Å². The monoisotopic (exact) mass is 387 g/mol. The van der Waals surface area contributed by atoms with Crippen LogP contribution in [0.5, 0.6) is 0 Å². The van der Waals surface area contributed by atoms with Crippen molar-refractivity contribution in [3.63, 3.8) is 0 Å². The van der Waals surface area contributed by atoms with E-state index in [1.54, 1.807) is 7.05 Å². The Labute approximate surface area is 134 Å². The van der Waals surface area contributed by atoms with Gasteiger partial charge in [0, 0.05) is 26.7 Å². The average molecular weight is 387 g/mol. The standard InChI is InChI=1S/C13H29N3O2.HI/c1-4-6-9-17-11-12-18-10-8-16-13(14-3)15-7-5-2;/h4-12H2,1-3H3,(H2,14,15,16);1H. The van der Waals surface area contributed by atoms with E-state index in [0.29, 0.717) is 19.8 Å². The van der Waals surface area contributed by atoms with Crippen LogP contribution in [0, 0.1) is 0 Å². The molecule has 0 bridgehead atoms. The Bertz CT molecular complexity index is 204. The zero-order chi connectivity index (χ0) is 13.5. The van der Waals surface area contributed by atoms with Gasteiger partial charge in [-0.1, -0.05) is 20.3 Å². The summed E-state index contributed by atoms with van der Waals surface area (Å²) in [5.74, 6) is 0.833. The Kier molecular flexibility index (Phi) is 20.0. The fourth-order valence-corrected chi connectivity index (χ4v) is 1.27. The molecule has 0 aliphatic carbocycles. The smallest absolute Gasteiger partial charge is 0.191 e. The molecule has 0 spiro atoms. The van der Waals surface area contributed by atoms with E-state index in [-0.39, 0.29) is 24.0 Å². The summed E-state index contributed by atoms with van der Waals surface area (Å²) < 4.78 is 10.8. The van der Waals surface area contributed by atoms with Crippen molar-refractivity contribution in [1.82, 2.24) is 10.6 Å². The maximum atomic E-state index is 5.44. The van der Waals surface area contributed by atoms with Crippen molar-refractivity contribution in [1.29, 1.82) is 0 Å². The minimum absolute atomic E-state index is 0. The first kappa shape index (κ1) is 21.2. The van der Waals surface area contributed by atoms with Crippen LogP contribution in [0.4, 0.5) is 0 Å². The number of unbranched alkanes of at least 4 members (excludes halogenated alkanes) is 1. The van der Waals surface area contributed by atoms with E-state index in [2.05, 4.69) is 29.5 Å². The van der Waals surface area contributed by atoms with Crippen LogP contribution >= 0.6 is 24.0 Å². The third kappa shape index (κ3) is 15.9. The molecule has 0 rings (SSSR count). The molecule has 0 aliphatic heterocycles. The highest BCUT2D eigenvalue weighted by Crippen LogP contribution is 1.87. The van der Waals surface area contributed by atoms with Gasteiger partial charge in [0.25, 0.3) is 0 Å². The maximum Gasteiger partial charge on any atom is 0.191 e. The van der Waals surface area contributed by atoms with Gasteiger partial charge in [0.2, 0.25) is 0 Å². The molecule has 0 amide bonds. The summed E-state index contributed by atoms with van der Waals surface area (Å²) in [6.45, 7) is 8.84. The first-order valence-corrected chi connectivity index (χ1v) is 6.95. The average Bonchev–Trinajstić information content (AvgIpc) is 2.40. The van der Waals surface area contributed by atoms with Gasteiger partial charge < -0.3 is 20.1 Å². The van der Waals surface area contributed by atoms with Gasteiger partial charge in [-0.15, -0.1) is 24.0 Å². The third-order valence-electron chi connectivity index (χ3n) is 2.32. The summed E-state index contributed by atoms with van der Waals surface area (Å²) in [4.78, 5) is 4.11. The van der Waals surface area contributed by atoms with Crippen LogP contribution in [0.3, 0.4) is 0 Å². The summed E-state index contributed by atoms with van der Waals surface area (Å²) >= 11 is 0. The molecule has 5 nitrogen and oxygen atoms in total. The molecule has 6 heteroatoms. The summed E-state index contributed by atoms with van der Waals surface area (Å²) in [7, 11) is 1.77. The zero-order valence-electron chi connectivity index (χ0n) is 12.5. The predicted molar refractivity (Wildman–Crippen MR) is 91.6 cm³/mol. The molecule has 0 atom stereocenters. The van der Waals surface area contributed by atoms with E-state index < -0.39 is 0 Å². The summed E-state index contributed by atoms with van der Waals surface area (Å²) in [6.07, 6.45) is 3.39. The molecular weight excluding hydrogens is 357 g/mol. The van der Waals surface area contributed by atoms with Crippen LogP contribution in [-0.4, -0.2) is 52.5 Å². The van der Waals surface area contributed by atoms with E-state index in [1.165, 1.54) is 6.42 Å². The van der Waals surface area contributed by atoms with Crippen LogP contribution in [0.2, 0.25) is 0 Å². The highest BCUT2D eigenvalue weighted by Gasteiger charge is 1.95. The summed E-state index contributed by atoms with van der Waals surface area (Å²) in [5.41, 5.74) is 0. The molecule has 0 fully saturated rings. The van der Waals surface area contributed by atoms with Crippen molar-refractivity contribution < 1.29 is 9.47 Å². The molecule has 2 N–H and O–H groups in total. The maximum absolute atomic E-state index is 5.44. The van der Waals surface area contributed by atoms with Crippen molar-refractivity contribution in [2.45, 2.75) is 33.1 Å². The fourth-order valence-electron chi connectivity index (χ4n) is 1.27. The topological polar surface area (TPSA) is 54.9 Å². The van der Waals surface area contributed by atoms with Gasteiger partial charge in [0.05, 0.1) is 19.8 Å². The molecule has 19 heavy (non-hydrogen) atoms. The molecular formula is C13H30IN3O2. The number of aliphatic imine (C=N–C) groups is 1. The molecule has 0 heterocycles. The van der Waals surface area contributed by atoms with E-state index in [0.717, 1.165) is 38.5 Å². The van der Waals surface area contributed by atoms with E-state index >= 15 is 0 Å². The molecule has 0 unspecified atom stereocenters. The first-order valence-electron chi connectivity index (χ1n) is 6.95. The van der Waals surface area contributed by atoms with E-state index in [4.69, 9.17) is 9.47 Å². The second kappa shape index (κ2) is 17.9. The number of hydrogen-bond donors (Lipinski definition) is 2. The molecule has 0 aliphatic rings. The number of halogens is 1. The van der Waals surface area contributed by atoms with Crippen LogP contribution in [-0.2, 0) is 9.47 Å². The van der Waals surface area contributed by atoms with Crippen LogP contribution in [0.15, 0.2) is 4.99 Å². The quantitative estimate of drug-likeness (QED) is 0.247. The number of guanidine groups is 1. The lowest BCUT2D eigenvalue weighted by Crippen LogP contribution is -2.39. The van der Waals surface area contributed by atoms with Crippen molar-refractivity contribution >= 4 is 29.9 Å². The highest BCUT2D eigenvalue weighted by atomic mass is 127.